The predicted octanol–water partition coefficient (Wildman–Crippen LogP) is 4.65. The second-order valence-electron chi connectivity index (χ2n) is 7.82. The zero-order chi connectivity index (χ0) is 23.3. The van der Waals surface area contributed by atoms with E-state index in [0.29, 0.717) is 5.56 Å². The minimum Gasteiger partial charge on any atom is -0.503 e. The molecule has 1 aromatic carbocycles. The topological polar surface area (TPSA) is 85.7 Å². The summed E-state index contributed by atoms with van der Waals surface area (Å²) >= 11 is 0. The molecule has 2 aromatic rings. The van der Waals surface area contributed by atoms with Crippen LogP contribution < -0.4 is 4.74 Å². The molecule has 0 fully saturated rings. The lowest BCUT2D eigenvalue weighted by atomic mass is 9.84. The van der Waals surface area contributed by atoms with Crippen molar-refractivity contribution < 1.29 is 33.0 Å². The quantitative estimate of drug-likeness (QED) is 0.456. The number of Topliss-reactive ketones (excluding diaryl/α,β-unsaturated/α-hetero) is 1. The van der Waals surface area contributed by atoms with E-state index in [2.05, 4.69) is 4.98 Å². The maximum Gasteiger partial charge on any atom is 0.309 e. The number of carbonyl (C=O) groups excluding carboxylic acids is 2. The van der Waals surface area contributed by atoms with Crippen LogP contribution in [0.4, 0.5) is 8.78 Å². The highest BCUT2D eigenvalue weighted by molar-refractivity contribution is 5.99. The maximum atomic E-state index is 13.7. The van der Waals surface area contributed by atoms with Gasteiger partial charge >= 0.3 is 5.97 Å². The molecule has 31 heavy (non-hydrogen) atoms. The number of hydrogen-bond donors (Lipinski definition) is 1. The average Bonchev–Trinajstić information content (AvgIpc) is 2.70. The number of esters is 1. The Balaban J connectivity index is 2.10. The number of nitrogens with zero attached hydrogens (tertiary/aromatic N) is 1. The molecule has 0 saturated carbocycles. The minimum atomic E-state index is -0.966. The van der Waals surface area contributed by atoms with E-state index in [0.717, 1.165) is 12.1 Å². The number of ketones is 1. The van der Waals surface area contributed by atoms with E-state index in [-0.39, 0.29) is 35.4 Å². The van der Waals surface area contributed by atoms with Gasteiger partial charge in [-0.25, -0.2) is 13.8 Å². The summed E-state index contributed by atoms with van der Waals surface area (Å²) < 4.78 is 37.5. The smallest absolute Gasteiger partial charge is 0.309 e. The molecule has 0 spiro atoms. The Morgan fingerprint density at radius 3 is 2.35 bits per heavy atom. The molecule has 3 atom stereocenters. The standard InChI is InChI=1S/C23H27F2NO5/c1-12(2)20(15-6-7-16(24)17(25)11-15)14(4)31-23(29)13(3)10-18(27)21-22(28)19(30-5)8-9-26-21/h6-9,11-14,20,28H,10H2,1-5H3/t13-,14+,20-/m1/s1. The van der Waals surface area contributed by atoms with Crippen molar-refractivity contribution in [3.63, 3.8) is 0 Å². The summed E-state index contributed by atoms with van der Waals surface area (Å²) in [4.78, 5) is 29.0. The van der Waals surface area contributed by atoms with E-state index in [1.807, 2.05) is 13.8 Å². The van der Waals surface area contributed by atoms with Gasteiger partial charge in [-0.2, -0.15) is 0 Å². The summed E-state index contributed by atoms with van der Waals surface area (Å²) in [6.45, 7) is 6.99. The molecular formula is C23H27F2NO5. The van der Waals surface area contributed by atoms with E-state index < -0.39 is 35.4 Å². The van der Waals surface area contributed by atoms with Gasteiger partial charge < -0.3 is 14.6 Å². The van der Waals surface area contributed by atoms with Crippen LogP contribution in [0.3, 0.4) is 0 Å². The van der Waals surface area contributed by atoms with E-state index in [9.17, 15) is 23.5 Å². The predicted molar refractivity (Wildman–Crippen MR) is 110 cm³/mol. The van der Waals surface area contributed by atoms with Crippen LogP contribution in [0.5, 0.6) is 11.5 Å². The fourth-order valence-electron chi connectivity index (χ4n) is 3.55. The number of methoxy groups -OCH3 is 1. The molecule has 0 aliphatic rings. The molecule has 0 aliphatic carbocycles. The van der Waals surface area contributed by atoms with Crippen molar-refractivity contribution in [3.8, 4) is 11.5 Å². The van der Waals surface area contributed by atoms with Crippen LogP contribution in [-0.4, -0.2) is 35.1 Å². The SMILES string of the molecule is COc1ccnc(C(=O)C[C@@H](C)C(=O)O[C@@H](C)[C@H](c2ccc(F)c(F)c2)C(C)C)c1O. The van der Waals surface area contributed by atoms with Crippen molar-refractivity contribution in [1.82, 2.24) is 4.98 Å². The van der Waals surface area contributed by atoms with Crippen LogP contribution in [0.2, 0.25) is 0 Å². The van der Waals surface area contributed by atoms with Gasteiger partial charge in [0.15, 0.2) is 34.6 Å². The second-order valence-corrected chi connectivity index (χ2v) is 7.82. The van der Waals surface area contributed by atoms with E-state index in [4.69, 9.17) is 9.47 Å². The lowest BCUT2D eigenvalue weighted by Crippen LogP contribution is -2.29. The van der Waals surface area contributed by atoms with Crippen molar-refractivity contribution in [1.29, 1.82) is 0 Å². The van der Waals surface area contributed by atoms with Crippen molar-refractivity contribution in [2.75, 3.05) is 7.11 Å². The molecule has 0 bridgehead atoms. The first-order valence-electron chi connectivity index (χ1n) is 9.97. The highest BCUT2D eigenvalue weighted by Crippen LogP contribution is 2.32. The van der Waals surface area contributed by atoms with E-state index in [1.165, 1.54) is 32.4 Å². The van der Waals surface area contributed by atoms with Crippen LogP contribution in [0.25, 0.3) is 0 Å². The van der Waals surface area contributed by atoms with Crippen LogP contribution in [0.15, 0.2) is 30.5 Å². The van der Waals surface area contributed by atoms with E-state index in [1.54, 1.807) is 6.92 Å². The molecule has 0 aliphatic heterocycles. The van der Waals surface area contributed by atoms with Gasteiger partial charge in [-0.1, -0.05) is 26.8 Å². The molecule has 1 aromatic heterocycles. The molecule has 0 amide bonds. The van der Waals surface area contributed by atoms with Gasteiger partial charge in [0.1, 0.15) is 6.10 Å². The van der Waals surface area contributed by atoms with Gasteiger partial charge in [-0.05, 0) is 30.5 Å². The van der Waals surface area contributed by atoms with E-state index >= 15 is 0 Å². The fraction of sp³-hybridized carbons (Fsp3) is 0.435. The second kappa shape index (κ2) is 10.3. The van der Waals surface area contributed by atoms with Crippen molar-refractivity contribution in [2.45, 2.75) is 46.1 Å². The Hall–Kier alpha value is -3.03. The Bertz CT molecular complexity index is 948. The molecule has 6 nitrogen and oxygen atoms in total. The van der Waals surface area contributed by atoms with Crippen LogP contribution in [0.1, 0.15) is 56.1 Å². The molecule has 1 heterocycles. The Morgan fingerprint density at radius 1 is 1.10 bits per heavy atom. The Labute approximate surface area is 180 Å². The normalized spacial score (nSPS) is 14.1. The summed E-state index contributed by atoms with van der Waals surface area (Å²) in [5.41, 5.74) is 0.331. The third-order valence-corrected chi connectivity index (χ3v) is 5.12. The Morgan fingerprint density at radius 2 is 1.77 bits per heavy atom. The molecule has 0 radical (unpaired) electrons. The molecule has 1 N–H and O–H groups in total. The first kappa shape index (κ1) is 24.2. The zero-order valence-electron chi connectivity index (χ0n) is 18.2. The maximum absolute atomic E-state index is 13.7. The highest BCUT2D eigenvalue weighted by Gasteiger charge is 2.30. The molecule has 8 heteroatoms. The number of hydrogen-bond acceptors (Lipinski definition) is 6. The van der Waals surface area contributed by atoms with Gasteiger partial charge in [-0.3, -0.25) is 9.59 Å². The summed E-state index contributed by atoms with van der Waals surface area (Å²) in [5, 5.41) is 10.1. The van der Waals surface area contributed by atoms with Crippen LogP contribution in [-0.2, 0) is 9.53 Å². The van der Waals surface area contributed by atoms with Crippen molar-refractivity contribution >= 4 is 11.8 Å². The number of rotatable bonds is 9. The lowest BCUT2D eigenvalue weighted by Gasteiger charge is -2.28. The monoisotopic (exact) mass is 435 g/mol. The van der Waals surface area contributed by atoms with Gasteiger partial charge in [0.25, 0.3) is 0 Å². The fourth-order valence-corrected chi connectivity index (χ4v) is 3.55. The van der Waals surface area contributed by atoms with Gasteiger partial charge in [0.2, 0.25) is 0 Å². The number of ether oxygens (including phenoxy) is 2. The Kier molecular flexibility index (Phi) is 8.08. The summed E-state index contributed by atoms with van der Waals surface area (Å²) in [5.74, 6) is -4.54. The number of benzene rings is 1. The molecule has 0 unspecified atom stereocenters. The number of aromatic hydroxyl groups is 1. The summed E-state index contributed by atoms with van der Waals surface area (Å²) in [6.07, 6.45) is 0.459. The van der Waals surface area contributed by atoms with Crippen molar-refractivity contribution in [2.24, 2.45) is 11.8 Å². The summed E-state index contributed by atoms with van der Waals surface area (Å²) in [7, 11) is 1.35. The van der Waals surface area contributed by atoms with Gasteiger partial charge in [0.05, 0.1) is 13.0 Å². The third kappa shape index (κ3) is 5.77. The number of carbonyl (C=O) groups is 2. The van der Waals surface area contributed by atoms with Gasteiger partial charge in [-0.15, -0.1) is 0 Å². The van der Waals surface area contributed by atoms with Crippen LogP contribution in [0, 0.1) is 23.5 Å². The lowest BCUT2D eigenvalue weighted by molar-refractivity contribution is -0.154. The zero-order valence-corrected chi connectivity index (χ0v) is 18.2. The van der Waals surface area contributed by atoms with Crippen LogP contribution >= 0.6 is 0 Å². The highest BCUT2D eigenvalue weighted by atomic mass is 19.2. The first-order valence-corrected chi connectivity index (χ1v) is 9.97. The molecule has 168 valence electrons. The molecule has 0 saturated heterocycles. The number of aromatic nitrogens is 1. The number of halogens is 2. The van der Waals surface area contributed by atoms with Gasteiger partial charge in [0, 0.05) is 24.6 Å². The summed E-state index contributed by atoms with van der Waals surface area (Å²) in [6, 6.07) is 5.03. The first-order chi connectivity index (χ1) is 14.6. The average molecular weight is 435 g/mol. The van der Waals surface area contributed by atoms with Crippen molar-refractivity contribution in [3.05, 3.63) is 53.4 Å². The minimum absolute atomic E-state index is 0.0254. The third-order valence-electron chi connectivity index (χ3n) is 5.12. The molecule has 2 rings (SSSR count). The largest absolute Gasteiger partial charge is 0.503 e. The molecular weight excluding hydrogens is 408 g/mol. The number of pyridine rings is 1.